The van der Waals surface area contributed by atoms with Gasteiger partial charge in [-0.15, -0.1) is 11.8 Å². The molecule has 0 bridgehead atoms. The lowest BCUT2D eigenvalue weighted by Gasteiger charge is -2.47. The van der Waals surface area contributed by atoms with Crippen molar-refractivity contribution in [1.29, 1.82) is 0 Å². The number of pyridine rings is 1. The van der Waals surface area contributed by atoms with E-state index >= 15 is 0 Å². The van der Waals surface area contributed by atoms with E-state index in [1.165, 1.54) is 0 Å². The number of thioether (sulfide) groups is 1. The lowest BCUT2D eigenvalue weighted by molar-refractivity contribution is 0.0249. The lowest BCUT2D eigenvalue weighted by atomic mass is 9.93. The summed E-state index contributed by atoms with van der Waals surface area (Å²) in [6.45, 7) is 3.89. The van der Waals surface area contributed by atoms with Gasteiger partial charge in [-0.1, -0.05) is 6.07 Å². The molecule has 0 N–H and O–H groups in total. The van der Waals surface area contributed by atoms with Crippen molar-refractivity contribution in [3.63, 3.8) is 0 Å². The van der Waals surface area contributed by atoms with Gasteiger partial charge in [0, 0.05) is 36.0 Å². The Morgan fingerprint density at radius 1 is 1.36 bits per heavy atom. The van der Waals surface area contributed by atoms with E-state index in [4.69, 9.17) is 9.15 Å². The maximum atomic E-state index is 6.06. The van der Waals surface area contributed by atoms with E-state index < -0.39 is 0 Å². The molecule has 2 aromatic rings. The summed E-state index contributed by atoms with van der Waals surface area (Å²) in [7, 11) is 0. The molecule has 0 saturated carbocycles. The molecule has 2 aliphatic heterocycles. The molecule has 4 heterocycles. The van der Waals surface area contributed by atoms with E-state index in [1.54, 1.807) is 12.5 Å². The average Bonchev–Trinajstić information content (AvgIpc) is 3.16. The lowest BCUT2D eigenvalue weighted by Crippen LogP contribution is -2.58. The third-order valence-corrected chi connectivity index (χ3v) is 5.94. The van der Waals surface area contributed by atoms with Crippen LogP contribution in [-0.2, 0) is 17.9 Å². The van der Waals surface area contributed by atoms with Gasteiger partial charge in [0.05, 0.1) is 25.5 Å². The smallest absolute Gasteiger partial charge is 0.117 e. The molecule has 2 aromatic heterocycles. The minimum atomic E-state index is 0.371. The minimum absolute atomic E-state index is 0.371. The molecule has 0 amide bonds. The van der Waals surface area contributed by atoms with E-state index in [9.17, 15) is 0 Å². The van der Waals surface area contributed by atoms with E-state index in [-0.39, 0.29) is 0 Å². The molecule has 22 heavy (non-hydrogen) atoms. The number of nitrogens with zero attached hydrogens (tertiary/aromatic N) is 2. The summed E-state index contributed by atoms with van der Waals surface area (Å²) in [5, 5.41) is 0. The van der Waals surface area contributed by atoms with Gasteiger partial charge < -0.3 is 9.15 Å². The SMILES string of the molecule is c1cncc(COC2CSC3(C2)CN(Cc2ccco2)C3)c1. The maximum Gasteiger partial charge on any atom is 0.117 e. The Kier molecular flexibility index (Phi) is 3.94. The summed E-state index contributed by atoms with van der Waals surface area (Å²) >= 11 is 2.08. The molecule has 1 atom stereocenters. The molecule has 2 aliphatic rings. The summed E-state index contributed by atoms with van der Waals surface area (Å²) in [5.74, 6) is 2.16. The Balaban J connectivity index is 1.23. The number of likely N-dealkylation sites (tertiary alicyclic amines) is 1. The molecule has 4 nitrogen and oxygen atoms in total. The highest BCUT2D eigenvalue weighted by Gasteiger charge is 2.49. The zero-order valence-electron chi connectivity index (χ0n) is 12.5. The molecule has 1 unspecified atom stereocenters. The van der Waals surface area contributed by atoms with Gasteiger partial charge in [0.2, 0.25) is 0 Å². The first-order valence-corrected chi connectivity index (χ1v) is 8.69. The largest absolute Gasteiger partial charge is 0.468 e. The molecular weight excluding hydrogens is 296 g/mol. The summed E-state index contributed by atoms with van der Waals surface area (Å²) < 4.78 is 11.9. The van der Waals surface area contributed by atoms with Crippen LogP contribution in [0.5, 0.6) is 0 Å². The van der Waals surface area contributed by atoms with Crippen molar-refractivity contribution in [3.05, 3.63) is 54.2 Å². The van der Waals surface area contributed by atoms with Crippen LogP contribution in [0.2, 0.25) is 0 Å². The van der Waals surface area contributed by atoms with Gasteiger partial charge in [-0.05, 0) is 30.2 Å². The summed E-state index contributed by atoms with van der Waals surface area (Å²) in [6.07, 6.45) is 6.96. The van der Waals surface area contributed by atoms with Gasteiger partial charge in [-0.2, -0.15) is 0 Å². The van der Waals surface area contributed by atoms with Crippen LogP contribution in [0.15, 0.2) is 47.3 Å². The van der Waals surface area contributed by atoms with Crippen LogP contribution in [0, 0.1) is 0 Å². The maximum absolute atomic E-state index is 6.06. The van der Waals surface area contributed by atoms with Crippen molar-refractivity contribution in [2.45, 2.75) is 30.4 Å². The van der Waals surface area contributed by atoms with Crippen LogP contribution in [-0.4, -0.2) is 39.6 Å². The fourth-order valence-corrected chi connectivity index (χ4v) is 4.94. The molecule has 2 saturated heterocycles. The molecule has 116 valence electrons. The second-order valence-corrected chi connectivity index (χ2v) is 7.70. The van der Waals surface area contributed by atoms with Crippen molar-refractivity contribution in [2.75, 3.05) is 18.8 Å². The van der Waals surface area contributed by atoms with E-state index in [1.807, 2.05) is 24.4 Å². The van der Waals surface area contributed by atoms with Crippen LogP contribution in [0.4, 0.5) is 0 Å². The quantitative estimate of drug-likeness (QED) is 0.848. The third-order valence-electron chi connectivity index (χ3n) is 4.37. The van der Waals surface area contributed by atoms with E-state index in [0.717, 1.165) is 43.1 Å². The topological polar surface area (TPSA) is 38.5 Å². The predicted molar refractivity (Wildman–Crippen MR) is 86.6 cm³/mol. The molecule has 1 spiro atoms. The molecular formula is C17H20N2O2S. The van der Waals surface area contributed by atoms with Crippen molar-refractivity contribution < 1.29 is 9.15 Å². The normalized spacial score (nSPS) is 23.7. The monoisotopic (exact) mass is 316 g/mol. The average molecular weight is 316 g/mol. The Labute approximate surface area is 134 Å². The second-order valence-electron chi connectivity index (χ2n) is 6.22. The fourth-order valence-electron chi connectivity index (χ4n) is 3.33. The predicted octanol–water partition coefficient (Wildman–Crippen LogP) is 2.95. The van der Waals surface area contributed by atoms with Gasteiger partial charge in [0.15, 0.2) is 0 Å². The van der Waals surface area contributed by atoms with Gasteiger partial charge >= 0.3 is 0 Å². The van der Waals surface area contributed by atoms with Gasteiger partial charge in [0.25, 0.3) is 0 Å². The molecule has 4 rings (SSSR count). The van der Waals surface area contributed by atoms with E-state index in [0.29, 0.717) is 17.5 Å². The molecule has 5 heteroatoms. The zero-order chi connectivity index (χ0) is 14.8. The molecule has 0 radical (unpaired) electrons. The van der Waals surface area contributed by atoms with Crippen molar-refractivity contribution in [3.8, 4) is 0 Å². The molecule has 0 aliphatic carbocycles. The zero-order valence-corrected chi connectivity index (χ0v) is 13.3. The van der Waals surface area contributed by atoms with Crippen LogP contribution in [0.3, 0.4) is 0 Å². The number of hydrogen-bond donors (Lipinski definition) is 0. The fraction of sp³-hybridized carbons (Fsp3) is 0.471. The highest BCUT2D eigenvalue weighted by Crippen LogP contribution is 2.46. The number of aromatic nitrogens is 1. The van der Waals surface area contributed by atoms with Crippen LogP contribution < -0.4 is 0 Å². The Hall–Kier alpha value is -1.30. The minimum Gasteiger partial charge on any atom is -0.468 e. The molecule has 0 aromatic carbocycles. The number of furan rings is 1. The first-order chi connectivity index (χ1) is 10.8. The number of hydrogen-bond acceptors (Lipinski definition) is 5. The van der Waals surface area contributed by atoms with Gasteiger partial charge in [0.1, 0.15) is 5.76 Å². The highest BCUT2D eigenvalue weighted by atomic mass is 32.2. The summed E-state index contributed by atoms with van der Waals surface area (Å²) in [6, 6.07) is 8.03. The Morgan fingerprint density at radius 3 is 3.09 bits per heavy atom. The van der Waals surface area contributed by atoms with Crippen LogP contribution >= 0.6 is 11.8 Å². The summed E-state index contributed by atoms with van der Waals surface area (Å²) in [4.78, 5) is 6.58. The first kappa shape index (κ1) is 14.3. The highest BCUT2D eigenvalue weighted by molar-refractivity contribution is 8.01. The Bertz CT molecular complexity index is 596. The number of rotatable bonds is 5. The van der Waals surface area contributed by atoms with Crippen molar-refractivity contribution in [2.24, 2.45) is 0 Å². The van der Waals surface area contributed by atoms with Crippen LogP contribution in [0.25, 0.3) is 0 Å². The van der Waals surface area contributed by atoms with Gasteiger partial charge in [-0.3, -0.25) is 9.88 Å². The van der Waals surface area contributed by atoms with Crippen molar-refractivity contribution >= 4 is 11.8 Å². The second kappa shape index (κ2) is 6.07. The number of ether oxygens (including phenoxy) is 1. The standard InChI is InChI=1S/C17H20N2O2S/c1-3-14(8-18-5-1)10-21-16-7-17(22-11-16)12-19(13-17)9-15-4-2-6-20-15/h1-6,8,16H,7,9-13H2. The van der Waals surface area contributed by atoms with E-state index in [2.05, 4.69) is 27.7 Å². The van der Waals surface area contributed by atoms with Gasteiger partial charge in [-0.25, -0.2) is 0 Å². The molecule has 2 fully saturated rings. The summed E-state index contributed by atoms with van der Waals surface area (Å²) in [5.41, 5.74) is 1.15. The van der Waals surface area contributed by atoms with Crippen LogP contribution in [0.1, 0.15) is 17.7 Å². The third kappa shape index (κ3) is 3.07. The van der Waals surface area contributed by atoms with Crippen molar-refractivity contribution in [1.82, 2.24) is 9.88 Å². The first-order valence-electron chi connectivity index (χ1n) is 7.71. The Morgan fingerprint density at radius 2 is 2.32 bits per heavy atom.